The Balaban J connectivity index is 0. The van der Waals surface area contributed by atoms with E-state index in [2.05, 4.69) is 41.4 Å². The Morgan fingerprint density at radius 1 is 0.857 bits per heavy atom. The molecule has 0 saturated heterocycles. The number of ether oxygens (including phenoxy) is 1. The maximum Gasteiger partial charge on any atom is 0.334 e. The van der Waals surface area contributed by atoms with E-state index in [-0.39, 0.29) is 18.4 Å². The van der Waals surface area contributed by atoms with Crippen LogP contribution in [0, 0.1) is 0 Å². The van der Waals surface area contributed by atoms with Crippen LogP contribution in [0.15, 0.2) is 12.7 Å². The smallest absolute Gasteiger partial charge is 0.334 e. The van der Waals surface area contributed by atoms with Crippen LogP contribution in [0.4, 0.5) is 0 Å². The van der Waals surface area contributed by atoms with Gasteiger partial charge in [0.2, 0.25) is 5.72 Å². The van der Waals surface area contributed by atoms with Gasteiger partial charge in [0, 0.05) is 19.4 Å². The predicted octanol–water partition coefficient (Wildman–Crippen LogP) is 4.01. The zero-order valence-electron chi connectivity index (χ0n) is 19.5. The Hall–Kier alpha value is -0.540. The molecule has 168 valence electrons. The highest BCUT2D eigenvalue weighted by molar-refractivity contribution is 5.81. The molecule has 1 unspecified atom stereocenters. The second kappa shape index (κ2) is 17.3. The van der Waals surface area contributed by atoms with Gasteiger partial charge in [-0.15, -0.1) is 0 Å². The molecule has 0 heterocycles. The lowest BCUT2D eigenvalue weighted by molar-refractivity contribution is -0.961. The normalized spacial score (nSPS) is 13.5. The summed E-state index contributed by atoms with van der Waals surface area (Å²) >= 11 is 0. The van der Waals surface area contributed by atoms with Crippen molar-refractivity contribution < 1.29 is 26.4 Å². The minimum absolute atomic E-state index is 0. The molecular formula is C24H48ClNO2. The number of carbonyl (C=O) groups excluding carboxylic acids is 1. The second-order valence-electron chi connectivity index (χ2n) is 8.79. The van der Waals surface area contributed by atoms with Crippen LogP contribution < -0.4 is 12.4 Å². The van der Waals surface area contributed by atoms with Gasteiger partial charge in [0.1, 0.15) is 0 Å². The van der Waals surface area contributed by atoms with Crippen LogP contribution in [0.2, 0.25) is 0 Å². The average molecular weight is 418 g/mol. The first-order chi connectivity index (χ1) is 12.8. The van der Waals surface area contributed by atoms with Crippen molar-refractivity contribution in [3.8, 4) is 0 Å². The highest BCUT2D eigenvalue weighted by Crippen LogP contribution is 2.29. The third-order valence-corrected chi connectivity index (χ3v) is 6.30. The summed E-state index contributed by atoms with van der Waals surface area (Å²) < 4.78 is 6.45. The molecule has 3 nitrogen and oxygen atoms in total. The topological polar surface area (TPSA) is 26.3 Å². The van der Waals surface area contributed by atoms with Crippen molar-refractivity contribution in [1.82, 2.24) is 0 Å². The molecule has 0 spiro atoms. The molecule has 28 heavy (non-hydrogen) atoms. The Kier molecular flexibility index (Phi) is 18.4. The molecule has 0 radical (unpaired) electrons. The number of unbranched alkanes of at least 4 members (excludes halogenated alkanes) is 12. The van der Waals surface area contributed by atoms with Gasteiger partial charge < -0.3 is 17.1 Å². The molecule has 0 amide bonds. The number of esters is 1. The standard InChI is InChI=1S/C24H48NO2.ClH/c1-7-10-11-12-13-14-15-16-17-18-19-20-21-22-24(4,25(5,6)9-3)27-23(26)8-2;/h8H,2,7,9-22H2,1,3-6H3;1H/q+1;/p-1. The molecule has 0 fully saturated rings. The summed E-state index contributed by atoms with van der Waals surface area (Å²) in [5.41, 5.74) is -0.474. The molecule has 0 N–H and O–H groups in total. The van der Waals surface area contributed by atoms with Gasteiger partial charge in [0.25, 0.3) is 0 Å². The minimum atomic E-state index is -0.474. The second-order valence-corrected chi connectivity index (χ2v) is 8.79. The van der Waals surface area contributed by atoms with Gasteiger partial charge in [-0.2, -0.15) is 0 Å². The van der Waals surface area contributed by atoms with Crippen LogP contribution in [0.3, 0.4) is 0 Å². The van der Waals surface area contributed by atoms with Crippen molar-refractivity contribution in [2.24, 2.45) is 0 Å². The molecule has 0 aliphatic heterocycles. The van der Waals surface area contributed by atoms with Crippen LogP contribution in [-0.4, -0.2) is 36.8 Å². The Bertz CT molecular complexity index is 398. The van der Waals surface area contributed by atoms with E-state index in [4.69, 9.17) is 4.74 Å². The van der Waals surface area contributed by atoms with Crippen molar-refractivity contribution in [3.05, 3.63) is 12.7 Å². The lowest BCUT2D eigenvalue weighted by Crippen LogP contribution is -3.00. The number of hydrogen-bond acceptors (Lipinski definition) is 2. The quantitative estimate of drug-likeness (QED) is 0.111. The first-order valence-corrected chi connectivity index (χ1v) is 11.5. The molecule has 0 aliphatic rings. The van der Waals surface area contributed by atoms with Gasteiger partial charge in [-0.25, -0.2) is 4.79 Å². The summed E-state index contributed by atoms with van der Waals surface area (Å²) in [6.45, 7) is 11.0. The van der Waals surface area contributed by atoms with E-state index in [9.17, 15) is 4.79 Å². The van der Waals surface area contributed by atoms with E-state index in [1.165, 1.54) is 83.1 Å². The highest BCUT2D eigenvalue weighted by atomic mass is 35.5. The van der Waals surface area contributed by atoms with E-state index < -0.39 is 5.72 Å². The average Bonchev–Trinajstić information content (AvgIpc) is 2.65. The number of carbonyl (C=O) groups is 1. The predicted molar refractivity (Wildman–Crippen MR) is 118 cm³/mol. The molecule has 0 rings (SSSR count). The molecule has 0 aromatic carbocycles. The monoisotopic (exact) mass is 417 g/mol. The van der Waals surface area contributed by atoms with E-state index in [1.807, 2.05) is 0 Å². The molecule has 0 aromatic rings. The molecule has 0 aromatic heterocycles. The largest absolute Gasteiger partial charge is 1.00 e. The fourth-order valence-electron chi connectivity index (χ4n) is 3.54. The SMILES string of the molecule is C=CC(=O)OC(C)(CCCCCCCCCCCCCCC)[N+](C)(C)CC.[Cl-]. The summed E-state index contributed by atoms with van der Waals surface area (Å²) in [4.78, 5) is 11.8. The van der Waals surface area contributed by atoms with E-state index in [0.717, 1.165) is 19.4 Å². The van der Waals surface area contributed by atoms with Crippen molar-refractivity contribution in [1.29, 1.82) is 0 Å². The van der Waals surface area contributed by atoms with Crippen LogP contribution in [0.5, 0.6) is 0 Å². The van der Waals surface area contributed by atoms with Crippen molar-refractivity contribution in [2.75, 3.05) is 20.6 Å². The van der Waals surface area contributed by atoms with Crippen molar-refractivity contribution in [2.45, 2.75) is 116 Å². The number of hydrogen-bond donors (Lipinski definition) is 0. The van der Waals surface area contributed by atoms with Gasteiger partial charge in [0.05, 0.1) is 20.6 Å². The van der Waals surface area contributed by atoms with Crippen LogP contribution in [-0.2, 0) is 9.53 Å². The maximum atomic E-state index is 11.8. The van der Waals surface area contributed by atoms with Crippen LogP contribution in [0.1, 0.15) is 111 Å². The molecule has 1 atom stereocenters. The fourth-order valence-corrected chi connectivity index (χ4v) is 3.54. The molecule has 0 saturated carbocycles. The van der Waals surface area contributed by atoms with Gasteiger partial charge in [-0.1, -0.05) is 90.6 Å². The van der Waals surface area contributed by atoms with Crippen molar-refractivity contribution in [3.63, 3.8) is 0 Å². The van der Waals surface area contributed by atoms with E-state index >= 15 is 0 Å². The third kappa shape index (κ3) is 12.8. The number of nitrogens with zero attached hydrogens (tertiary/aromatic N) is 1. The molecule has 0 bridgehead atoms. The summed E-state index contributed by atoms with van der Waals surface area (Å²) in [5.74, 6) is -0.313. The van der Waals surface area contributed by atoms with Gasteiger partial charge in [-0.3, -0.25) is 4.48 Å². The zero-order chi connectivity index (χ0) is 20.6. The number of rotatable bonds is 18. The lowest BCUT2D eigenvalue weighted by Gasteiger charge is -2.44. The first kappa shape index (κ1) is 29.7. The van der Waals surface area contributed by atoms with Crippen molar-refractivity contribution >= 4 is 5.97 Å². The molecular weight excluding hydrogens is 370 g/mol. The Labute approximate surface area is 182 Å². The Morgan fingerprint density at radius 2 is 1.25 bits per heavy atom. The maximum absolute atomic E-state index is 11.8. The summed E-state index contributed by atoms with van der Waals surface area (Å²) in [6.07, 6.45) is 19.7. The van der Waals surface area contributed by atoms with Crippen LogP contribution >= 0.6 is 0 Å². The third-order valence-electron chi connectivity index (χ3n) is 6.30. The Morgan fingerprint density at radius 3 is 1.61 bits per heavy atom. The zero-order valence-corrected chi connectivity index (χ0v) is 20.3. The molecule has 0 aliphatic carbocycles. The van der Waals surface area contributed by atoms with Gasteiger partial charge in [-0.05, 0) is 13.3 Å². The van der Waals surface area contributed by atoms with Gasteiger partial charge in [0.15, 0.2) is 0 Å². The van der Waals surface area contributed by atoms with E-state index in [0.29, 0.717) is 4.48 Å². The first-order valence-electron chi connectivity index (χ1n) is 11.5. The fraction of sp³-hybridized carbons (Fsp3) is 0.875. The van der Waals surface area contributed by atoms with E-state index in [1.54, 1.807) is 0 Å². The van der Waals surface area contributed by atoms with Gasteiger partial charge >= 0.3 is 5.97 Å². The highest BCUT2D eigenvalue weighted by Gasteiger charge is 2.42. The number of quaternary nitrogens is 1. The number of halogens is 1. The summed E-state index contributed by atoms with van der Waals surface area (Å²) in [6, 6.07) is 0. The van der Waals surface area contributed by atoms with Crippen LogP contribution in [0.25, 0.3) is 0 Å². The summed E-state index contributed by atoms with van der Waals surface area (Å²) in [7, 11) is 4.28. The molecule has 4 heteroatoms. The lowest BCUT2D eigenvalue weighted by atomic mass is 10.0. The summed E-state index contributed by atoms with van der Waals surface area (Å²) in [5, 5.41) is 0. The minimum Gasteiger partial charge on any atom is -1.00 e.